The minimum atomic E-state index is -0.453. The highest BCUT2D eigenvalue weighted by Crippen LogP contribution is 2.31. The van der Waals surface area contributed by atoms with Gasteiger partial charge >= 0.3 is 20.2 Å². The number of carbonyl (C=O) groups excluding carboxylic acids is 2. The van der Waals surface area contributed by atoms with Crippen LogP contribution in [0, 0.1) is 16.7 Å². The minimum Gasteiger partial charge on any atom is -0.446 e. The normalized spacial score (nSPS) is 23.3. The summed E-state index contributed by atoms with van der Waals surface area (Å²) < 4.78 is 5.89. The summed E-state index contributed by atoms with van der Waals surface area (Å²) in [5.74, 6) is 0.787. The molecule has 0 saturated carbocycles. The molecule has 0 spiro atoms. The maximum absolute atomic E-state index is 13.1. The summed E-state index contributed by atoms with van der Waals surface area (Å²) in [5, 5.41) is 23.9. The first-order valence-corrected chi connectivity index (χ1v) is 20.6. The molecule has 4 aliphatic heterocycles. The number of halogens is 2. The van der Waals surface area contributed by atoms with Crippen molar-refractivity contribution in [2.75, 3.05) is 65.4 Å². The number of piperidine rings is 2. The maximum Gasteiger partial charge on any atom is 0.410 e. The molecule has 4 saturated heterocycles. The van der Waals surface area contributed by atoms with Gasteiger partial charge < -0.3 is 39.5 Å². The van der Waals surface area contributed by atoms with Crippen molar-refractivity contribution in [2.24, 2.45) is 16.7 Å². The topological polar surface area (TPSA) is 112 Å². The Kier molecular flexibility index (Phi) is 16.3. The van der Waals surface area contributed by atoms with E-state index in [-0.39, 0.29) is 42.2 Å². The Morgan fingerprint density at radius 3 is 1.94 bits per heavy atom. The third-order valence-corrected chi connectivity index (χ3v) is 12.3. The number of ether oxygens (including phenoxy) is 1. The van der Waals surface area contributed by atoms with Gasteiger partial charge in [0, 0.05) is 58.3 Å². The third kappa shape index (κ3) is 13.0. The van der Waals surface area contributed by atoms with Crippen molar-refractivity contribution in [1.82, 2.24) is 29.6 Å². The predicted octanol–water partition coefficient (Wildman–Crippen LogP) is 5.28. The van der Waals surface area contributed by atoms with E-state index >= 15 is 0 Å². The average Bonchev–Trinajstić information content (AvgIpc) is 3.10. The van der Waals surface area contributed by atoms with Crippen molar-refractivity contribution < 1.29 is 24.4 Å². The fourth-order valence-electron chi connectivity index (χ4n) is 8.09. The zero-order valence-corrected chi connectivity index (χ0v) is 35.1. The molecule has 3 N–H and O–H groups in total. The van der Waals surface area contributed by atoms with Gasteiger partial charge in [0.25, 0.3) is 0 Å². The van der Waals surface area contributed by atoms with Crippen LogP contribution in [0.2, 0.25) is 23.7 Å². The van der Waals surface area contributed by atoms with Crippen LogP contribution in [0.25, 0.3) is 0 Å². The summed E-state index contributed by atoms with van der Waals surface area (Å²) >= 11 is 12.2. The lowest BCUT2D eigenvalue weighted by Crippen LogP contribution is -2.60. The van der Waals surface area contributed by atoms with Gasteiger partial charge in [0.2, 0.25) is 5.91 Å². The highest BCUT2D eigenvalue weighted by atomic mass is 35.5. The van der Waals surface area contributed by atoms with E-state index in [1.807, 2.05) is 34.7 Å². The lowest BCUT2D eigenvalue weighted by molar-refractivity contribution is -0.138. The van der Waals surface area contributed by atoms with Crippen LogP contribution in [0.15, 0.2) is 18.2 Å². The second-order valence-electron chi connectivity index (χ2n) is 17.8. The fraction of sp³-hybridized carbons (Fsp3) is 0.789. The van der Waals surface area contributed by atoms with Crippen LogP contribution in [0.1, 0.15) is 79.2 Å². The largest absolute Gasteiger partial charge is 0.446 e. The Balaban J connectivity index is 0.000000251. The molecule has 1 aromatic rings. The number of amides is 2. The SMILES string of the molecule is CB(O)N1CCC(CC(=O)N2CCNC[C@@H]2C(C)(C)C)CC1.CB(O)N1CCC(OC(=O)N2CCN(Cc3ccc(Cl)c(Cl)c3)C[C@@H]2C(C)(C)C)CC1. The average molecular weight is 780 g/mol. The molecule has 0 aliphatic carbocycles. The van der Waals surface area contributed by atoms with Gasteiger partial charge in [-0.1, -0.05) is 70.8 Å². The highest BCUT2D eigenvalue weighted by Gasteiger charge is 2.40. The van der Waals surface area contributed by atoms with Gasteiger partial charge in [-0.05, 0) is 100.0 Å². The second kappa shape index (κ2) is 19.5. The van der Waals surface area contributed by atoms with Gasteiger partial charge in [0.15, 0.2) is 0 Å². The molecule has 1 aromatic carbocycles. The molecule has 4 fully saturated rings. The zero-order valence-electron chi connectivity index (χ0n) is 33.6. The number of piperazine rings is 2. The van der Waals surface area contributed by atoms with Crippen molar-refractivity contribution in [1.29, 1.82) is 0 Å². The second-order valence-corrected chi connectivity index (χ2v) is 18.6. The molecule has 0 bridgehead atoms. The van der Waals surface area contributed by atoms with Gasteiger partial charge in [0.1, 0.15) is 6.10 Å². The summed E-state index contributed by atoms with van der Waals surface area (Å²) in [7, 11) is -0.819. The first-order valence-electron chi connectivity index (χ1n) is 19.8. The summed E-state index contributed by atoms with van der Waals surface area (Å²) in [6.07, 6.45) is 3.91. The predicted molar refractivity (Wildman–Crippen MR) is 217 cm³/mol. The third-order valence-electron chi connectivity index (χ3n) is 11.6. The monoisotopic (exact) mass is 778 g/mol. The first kappa shape index (κ1) is 44.1. The van der Waals surface area contributed by atoms with Crippen LogP contribution in [-0.4, -0.2) is 144 Å². The standard InChI is InChI=1S/C22H34BCl2N3O3.C16H32BN3O2/c1-22(2,3)20-15-26(14-16-5-6-18(24)19(25)13-16)11-12-28(20)21(29)31-17-7-9-27(10-8-17)23(4)30;1-16(2,3)14-12-18-7-10-20(14)15(21)11-13-5-8-19(9-6-13)17(4)22/h5-6,13,17,20,30H,7-12,14-15H2,1-4H3;13-14,18,22H,5-12H2,1-4H3/t20-;14-/m11/s1. The minimum absolute atomic E-state index is 0.0501. The molecule has 4 heterocycles. The molecule has 4 aliphatic rings. The van der Waals surface area contributed by atoms with Crippen molar-refractivity contribution in [3.05, 3.63) is 33.8 Å². The van der Waals surface area contributed by atoms with E-state index in [9.17, 15) is 19.6 Å². The fourth-order valence-corrected chi connectivity index (χ4v) is 8.41. The maximum atomic E-state index is 13.1. The van der Waals surface area contributed by atoms with Gasteiger partial charge in [-0.15, -0.1) is 0 Å². The lowest BCUT2D eigenvalue weighted by atomic mass is 9.80. The van der Waals surface area contributed by atoms with Crippen LogP contribution in [0.4, 0.5) is 4.79 Å². The summed E-state index contributed by atoms with van der Waals surface area (Å²) in [4.78, 5) is 36.3. The quantitative estimate of drug-likeness (QED) is 0.319. The molecule has 15 heteroatoms. The molecule has 298 valence electrons. The van der Waals surface area contributed by atoms with Gasteiger partial charge in [-0.3, -0.25) is 9.69 Å². The molecule has 0 unspecified atom stereocenters. The molecule has 5 rings (SSSR count). The van der Waals surface area contributed by atoms with Crippen molar-refractivity contribution in [3.8, 4) is 0 Å². The lowest BCUT2D eigenvalue weighted by Gasteiger charge is -2.47. The van der Waals surface area contributed by atoms with Crippen LogP contribution in [0.5, 0.6) is 0 Å². The number of benzene rings is 1. The first-order chi connectivity index (χ1) is 24.8. The summed E-state index contributed by atoms with van der Waals surface area (Å²) in [6, 6.07) is 6.08. The molecule has 11 nitrogen and oxygen atoms in total. The van der Waals surface area contributed by atoms with Crippen LogP contribution in [-0.2, 0) is 16.1 Å². The Hall–Kier alpha value is -1.57. The van der Waals surface area contributed by atoms with Crippen LogP contribution >= 0.6 is 23.2 Å². The smallest absolute Gasteiger partial charge is 0.410 e. The van der Waals surface area contributed by atoms with Gasteiger partial charge in [-0.25, -0.2) is 4.79 Å². The van der Waals surface area contributed by atoms with Crippen molar-refractivity contribution in [2.45, 2.75) is 112 Å². The summed E-state index contributed by atoms with van der Waals surface area (Å²) in [6.45, 7) is 25.6. The zero-order chi connectivity index (χ0) is 39.1. The van der Waals surface area contributed by atoms with Crippen LogP contribution in [0.3, 0.4) is 0 Å². The molecule has 2 amide bonds. The number of nitrogens with zero attached hydrogens (tertiary/aromatic N) is 5. The Bertz CT molecular complexity index is 1330. The van der Waals surface area contributed by atoms with Crippen molar-refractivity contribution >= 4 is 49.3 Å². The number of hydrogen-bond donors (Lipinski definition) is 3. The van der Waals surface area contributed by atoms with Gasteiger partial charge in [0.05, 0.1) is 16.1 Å². The van der Waals surface area contributed by atoms with E-state index < -0.39 is 7.05 Å². The Morgan fingerprint density at radius 1 is 0.811 bits per heavy atom. The van der Waals surface area contributed by atoms with Gasteiger partial charge in [-0.2, -0.15) is 0 Å². The Labute approximate surface area is 330 Å². The van der Waals surface area contributed by atoms with E-state index in [2.05, 4.69) is 61.5 Å². The van der Waals surface area contributed by atoms with Crippen LogP contribution < -0.4 is 5.32 Å². The van der Waals surface area contributed by atoms with E-state index in [1.165, 1.54) is 0 Å². The Morgan fingerprint density at radius 2 is 1.40 bits per heavy atom. The molecule has 0 radical (unpaired) electrons. The number of carbonyl (C=O) groups is 2. The molecule has 0 aromatic heterocycles. The molecule has 53 heavy (non-hydrogen) atoms. The number of hydrogen-bond acceptors (Lipinski definition) is 9. The summed E-state index contributed by atoms with van der Waals surface area (Å²) in [5.41, 5.74) is 1.15. The number of nitrogens with one attached hydrogen (secondary N) is 1. The number of rotatable bonds is 7. The van der Waals surface area contributed by atoms with E-state index in [1.54, 1.807) is 6.82 Å². The van der Waals surface area contributed by atoms with E-state index in [4.69, 9.17) is 27.9 Å². The van der Waals surface area contributed by atoms with Crippen molar-refractivity contribution in [3.63, 3.8) is 0 Å². The van der Waals surface area contributed by atoms with E-state index in [0.29, 0.717) is 34.8 Å². The molecule has 2 atom stereocenters. The molecular formula is C38H66B2Cl2N6O5. The molecular weight excluding hydrogens is 713 g/mol. The van der Waals surface area contributed by atoms with E-state index in [0.717, 1.165) is 96.7 Å². The highest BCUT2D eigenvalue weighted by molar-refractivity contribution is 6.45.